The van der Waals surface area contributed by atoms with Crippen LogP contribution in [0.3, 0.4) is 0 Å². The third kappa shape index (κ3) is 7.99. The SMILES string of the molecule is C[Si](C)(C#CCCl)C[Si](C)(C)C#CCCl. The maximum absolute atomic E-state index is 5.58. The molecule has 0 N–H and O–H groups in total. The third-order valence-corrected chi connectivity index (χ3v) is 10.9. The van der Waals surface area contributed by atoms with E-state index in [1.54, 1.807) is 0 Å². The lowest BCUT2D eigenvalue weighted by Crippen LogP contribution is -2.38. The van der Waals surface area contributed by atoms with Crippen LogP contribution in [-0.2, 0) is 0 Å². The molecule has 15 heavy (non-hydrogen) atoms. The lowest BCUT2D eigenvalue weighted by Gasteiger charge is -2.23. The van der Waals surface area contributed by atoms with Gasteiger partial charge in [0.2, 0.25) is 0 Å². The van der Waals surface area contributed by atoms with Crippen LogP contribution in [-0.4, -0.2) is 27.9 Å². The van der Waals surface area contributed by atoms with Crippen molar-refractivity contribution in [2.75, 3.05) is 11.8 Å². The first-order valence-corrected chi connectivity index (χ1v) is 12.4. The molecule has 0 aromatic carbocycles. The van der Waals surface area contributed by atoms with E-state index in [4.69, 9.17) is 23.2 Å². The first-order chi connectivity index (χ1) is 6.83. The van der Waals surface area contributed by atoms with Crippen LogP contribution in [0.5, 0.6) is 0 Å². The van der Waals surface area contributed by atoms with Gasteiger partial charge in [-0.3, -0.25) is 0 Å². The standard InChI is InChI=1S/C11H18Cl2Si2/c1-14(2,9-5-7-12)11-15(3,4)10-6-8-13/h7-8,11H2,1-4H3. The van der Waals surface area contributed by atoms with E-state index in [0.717, 1.165) is 0 Å². The van der Waals surface area contributed by atoms with Crippen LogP contribution in [0.2, 0.25) is 31.9 Å². The lowest BCUT2D eigenvalue weighted by molar-refractivity contribution is 1.60. The molecule has 0 radical (unpaired) electrons. The molecule has 0 heterocycles. The second-order valence-electron chi connectivity index (χ2n) is 4.82. The summed E-state index contributed by atoms with van der Waals surface area (Å²) in [6, 6.07) is 0. The Kier molecular flexibility index (Phi) is 6.72. The molecule has 0 amide bonds. The highest BCUT2D eigenvalue weighted by Gasteiger charge is 2.29. The fraction of sp³-hybridized carbons (Fsp3) is 0.636. The summed E-state index contributed by atoms with van der Waals surface area (Å²) < 4.78 is 0. The third-order valence-electron chi connectivity index (χ3n) is 1.87. The van der Waals surface area contributed by atoms with Gasteiger partial charge in [-0.2, -0.15) is 0 Å². The number of hydrogen-bond acceptors (Lipinski definition) is 0. The molecule has 0 unspecified atom stereocenters. The monoisotopic (exact) mass is 276 g/mol. The maximum Gasteiger partial charge on any atom is 0.130 e. The molecule has 0 rings (SSSR count). The summed E-state index contributed by atoms with van der Waals surface area (Å²) in [4.78, 5) is 0. The van der Waals surface area contributed by atoms with Crippen LogP contribution in [0, 0.1) is 22.9 Å². The van der Waals surface area contributed by atoms with Crippen molar-refractivity contribution < 1.29 is 0 Å². The molecule has 0 atom stereocenters. The molecule has 0 nitrogen and oxygen atoms in total. The van der Waals surface area contributed by atoms with Crippen molar-refractivity contribution in [3.05, 3.63) is 0 Å². The minimum Gasteiger partial charge on any atom is -0.131 e. The van der Waals surface area contributed by atoms with E-state index < -0.39 is 16.1 Å². The van der Waals surface area contributed by atoms with Crippen molar-refractivity contribution in [3.63, 3.8) is 0 Å². The maximum atomic E-state index is 5.58. The topological polar surface area (TPSA) is 0 Å². The first-order valence-electron chi connectivity index (χ1n) is 4.95. The van der Waals surface area contributed by atoms with Gasteiger partial charge < -0.3 is 0 Å². The van der Waals surface area contributed by atoms with E-state index in [9.17, 15) is 0 Å². The highest BCUT2D eigenvalue weighted by Crippen LogP contribution is 2.18. The van der Waals surface area contributed by atoms with Gasteiger partial charge in [-0.05, 0) is 5.67 Å². The molecular weight excluding hydrogens is 259 g/mol. The molecule has 0 aromatic rings. The van der Waals surface area contributed by atoms with E-state index in [2.05, 4.69) is 49.1 Å². The molecule has 0 aromatic heterocycles. The highest BCUT2D eigenvalue weighted by molar-refractivity contribution is 7.02. The normalized spacial score (nSPS) is 11.1. The number of alkyl halides is 2. The summed E-state index contributed by atoms with van der Waals surface area (Å²) in [5.41, 5.74) is 7.85. The van der Waals surface area contributed by atoms with Crippen LogP contribution in [0.15, 0.2) is 0 Å². The van der Waals surface area contributed by atoms with Gasteiger partial charge >= 0.3 is 0 Å². The molecule has 0 spiro atoms. The van der Waals surface area contributed by atoms with Gasteiger partial charge in [0.25, 0.3) is 0 Å². The summed E-state index contributed by atoms with van der Waals surface area (Å²) in [5.74, 6) is 6.86. The lowest BCUT2D eigenvalue weighted by atomic mass is 10.8. The van der Waals surface area contributed by atoms with Crippen molar-refractivity contribution in [1.29, 1.82) is 0 Å². The largest absolute Gasteiger partial charge is 0.131 e. The van der Waals surface area contributed by atoms with Crippen LogP contribution in [0.1, 0.15) is 0 Å². The van der Waals surface area contributed by atoms with E-state index in [1.807, 2.05) is 0 Å². The smallest absolute Gasteiger partial charge is 0.130 e. The van der Waals surface area contributed by atoms with Gasteiger partial charge in [0.1, 0.15) is 16.1 Å². The first kappa shape index (κ1) is 15.1. The minimum atomic E-state index is -1.44. The zero-order valence-electron chi connectivity index (χ0n) is 9.88. The summed E-state index contributed by atoms with van der Waals surface area (Å²) in [5, 5.41) is 0. The van der Waals surface area contributed by atoms with Crippen LogP contribution in [0.25, 0.3) is 0 Å². The van der Waals surface area contributed by atoms with Gasteiger partial charge in [-0.15, -0.1) is 34.3 Å². The Morgan fingerprint density at radius 1 is 0.800 bits per heavy atom. The van der Waals surface area contributed by atoms with Crippen LogP contribution in [0.4, 0.5) is 0 Å². The molecule has 0 saturated carbocycles. The van der Waals surface area contributed by atoms with Gasteiger partial charge in [0.15, 0.2) is 0 Å². The zero-order chi connectivity index (χ0) is 11.9. The summed E-state index contributed by atoms with van der Waals surface area (Å²) in [6.45, 7) is 9.13. The van der Waals surface area contributed by atoms with E-state index in [-0.39, 0.29) is 0 Å². The van der Waals surface area contributed by atoms with Gasteiger partial charge in [-0.1, -0.05) is 38.0 Å². The molecule has 0 aliphatic heterocycles. The van der Waals surface area contributed by atoms with Crippen LogP contribution < -0.4 is 0 Å². The Balaban J connectivity index is 4.56. The molecule has 4 heteroatoms. The average Bonchev–Trinajstić information content (AvgIpc) is 2.10. The van der Waals surface area contributed by atoms with Crippen molar-refractivity contribution >= 4 is 39.3 Å². The van der Waals surface area contributed by atoms with Gasteiger partial charge in [-0.25, -0.2) is 0 Å². The Bertz CT molecular complexity index is 281. The van der Waals surface area contributed by atoms with Gasteiger partial charge in [0, 0.05) is 0 Å². The summed E-state index contributed by atoms with van der Waals surface area (Å²) >= 11 is 11.2. The minimum absolute atomic E-state index is 0.436. The van der Waals surface area contributed by atoms with Crippen molar-refractivity contribution in [2.24, 2.45) is 0 Å². The number of hydrogen-bond donors (Lipinski definition) is 0. The predicted octanol–water partition coefficient (Wildman–Crippen LogP) is 3.51. The second kappa shape index (κ2) is 6.66. The average molecular weight is 277 g/mol. The van der Waals surface area contributed by atoms with Crippen molar-refractivity contribution in [2.45, 2.75) is 31.9 Å². The quantitative estimate of drug-likeness (QED) is 0.412. The second-order valence-corrected chi connectivity index (χ2v) is 14.8. The number of rotatable bonds is 2. The Morgan fingerprint density at radius 3 is 1.40 bits per heavy atom. The molecule has 0 fully saturated rings. The van der Waals surface area contributed by atoms with Gasteiger partial charge in [0.05, 0.1) is 11.8 Å². The van der Waals surface area contributed by atoms with E-state index in [1.165, 1.54) is 5.67 Å². The summed E-state index contributed by atoms with van der Waals surface area (Å²) in [6.07, 6.45) is 0. The van der Waals surface area contributed by atoms with E-state index >= 15 is 0 Å². The Hall–Kier alpha value is 0.134. The Morgan fingerprint density at radius 2 is 1.13 bits per heavy atom. The fourth-order valence-corrected chi connectivity index (χ4v) is 12.8. The molecule has 0 bridgehead atoms. The summed E-state index contributed by atoms with van der Waals surface area (Å²) in [7, 11) is -2.88. The molecular formula is C11H18Cl2Si2. The van der Waals surface area contributed by atoms with Crippen LogP contribution >= 0.6 is 23.2 Å². The fourth-order valence-electron chi connectivity index (χ4n) is 1.74. The highest BCUT2D eigenvalue weighted by atomic mass is 35.5. The predicted molar refractivity (Wildman–Crippen MR) is 76.8 cm³/mol. The van der Waals surface area contributed by atoms with Crippen molar-refractivity contribution in [3.8, 4) is 22.9 Å². The molecule has 0 saturated heterocycles. The zero-order valence-corrected chi connectivity index (χ0v) is 13.4. The van der Waals surface area contributed by atoms with E-state index in [0.29, 0.717) is 11.8 Å². The van der Waals surface area contributed by atoms with Crippen molar-refractivity contribution in [1.82, 2.24) is 0 Å². The Labute approximate surface area is 106 Å². The molecule has 0 aliphatic rings. The molecule has 84 valence electrons. The molecule has 0 aliphatic carbocycles. The number of halogens is 2.